The second-order valence-corrected chi connectivity index (χ2v) is 7.08. The van der Waals surface area contributed by atoms with Gasteiger partial charge in [0.15, 0.2) is 0 Å². The number of hydrogen-bond acceptors (Lipinski definition) is 3. The number of halogens is 5. The third-order valence-electron chi connectivity index (χ3n) is 1.84. The highest BCUT2D eigenvalue weighted by Gasteiger charge is 2.28. The van der Waals surface area contributed by atoms with Gasteiger partial charge in [-0.2, -0.15) is 13.2 Å². The number of thioether (sulfide) groups is 1. The van der Waals surface area contributed by atoms with Crippen molar-refractivity contribution in [2.45, 2.75) is 10.4 Å². The van der Waals surface area contributed by atoms with E-state index in [0.29, 0.717) is 4.47 Å². The Morgan fingerprint density at radius 3 is 2.47 bits per heavy atom. The fourth-order valence-electron chi connectivity index (χ4n) is 1.11. The Bertz CT molecular complexity index is 548. The summed E-state index contributed by atoms with van der Waals surface area (Å²) in [5.41, 5.74) is -4.42. The molecule has 0 amide bonds. The van der Waals surface area contributed by atoms with Crippen molar-refractivity contribution in [2.24, 2.45) is 0 Å². The maximum Gasteiger partial charge on any atom is 0.441 e. The van der Waals surface area contributed by atoms with Gasteiger partial charge in [-0.15, -0.1) is 0 Å². The van der Waals surface area contributed by atoms with E-state index in [-0.39, 0.29) is 11.8 Å². The Kier molecular flexibility index (Phi) is 5.65. The third-order valence-corrected chi connectivity index (χ3v) is 4.57. The standard InChI is InChI=1S/C9H8BrF4NO2S2/c10-6-1-2-8(7(11)5-6)19(16,17)15-3-4-18-9(12,13)14/h1-2,5,15H,3-4H2. The summed E-state index contributed by atoms with van der Waals surface area (Å²) in [7, 11) is -4.15. The zero-order valence-electron chi connectivity index (χ0n) is 9.17. The summed E-state index contributed by atoms with van der Waals surface area (Å²) < 4.78 is 74.4. The Balaban J connectivity index is 2.66. The van der Waals surface area contributed by atoms with Crippen LogP contribution >= 0.6 is 27.7 Å². The molecule has 0 aliphatic carbocycles. The predicted octanol–water partition coefficient (Wildman–Crippen LogP) is 3.12. The Hall–Kier alpha value is -0.320. The lowest BCUT2D eigenvalue weighted by molar-refractivity contribution is -0.0327. The monoisotopic (exact) mass is 381 g/mol. The Labute approximate surface area is 119 Å². The summed E-state index contributed by atoms with van der Waals surface area (Å²) in [6.45, 7) is -0.442. The summed E-state index contributed by atoms with van der Waals surface area (Å²) in [5, 5.41) is 0. The van der Waals surface area contributed by atoms with Crippen molar-refractivity contribution >= 4 is 37.7 Å². The van der Waals surface area contributed by atoms with Crippen LogP contribution in [0.1, 0.15) is 0 Å². The van der Waals surface area contributed by atoms with E-state index in [0.717, 1.165) is 12.1 Å². The van der Waals surface area contributed by atoms with Crippen LogP contribution < -0.4 is 4.72 Å². The molecule has 0 heterocycles. The first kappa shape index (κ1) is 16.7. The summed E-state index contributed by atoms with van der Waals surface area (Å²) >= 11 is 2.61. The van der Waals surface area contributed by atoms with E-state index in [2.05, 4.69) is 15.9 Å². The van der Waals surface area contributed by atoms with Crippen molar-refractivity contribution in [3.63, 3.8) is 0 Å². The molecule has 1 rings (SSSR count). The second kappa shape index (κ2) is 6.42. The average molecular weight is 382 g/mol. The molecule has 0 bridgehead atoms. The highest BCUT2D eigenvalue weighted by Crippen LogP contribution is 2.29. The lowest BCUT2D eigenvalue weighted by Gasteiger charge is -2.09. The topological polar surface area (TPSA) is 46.2 Å². The van der Waals surface area contributed by atoms with E-state index in [1.165, 1.54) is 6.07 Å². The smallest absolute Gasteiger partial charge is 0.210 e. The number of nitrogens with one attached hydrogen (secondary N) is 1. The number of alkyl halides is 3. The first-order valence-electron chi connectivity index (χ1n) is 4.77. The summed E-state index contributed by atoms with van der Waals surface area (Å²) in [6.07, 6.45) is 0. The van der Waals surface area contributed by atoms with E-state index < -0.39 is 38.5 Å². The molecule has 10 heteroatoms. The fourth-order valence-corrected chi connectivity index (χ4v) is 3.10. The van der Waals surface area contributed by atoms with E-state index >= 15 is 0 Å². The van der Waals surface area contributed by atoms with Crippen molar-refractivity contribution < 1.29 is 26.0 Å². The minimum absolute atomic E-state index is 0.352. The van der Waals surface area contributed by atoms with Gasteiger partial charge in [-0.3, -0.25) is 0 Å². The normalized spacial score (nSPS) is 12.7. The molecule has 0 aliphatic heterocycles. The van der Waals surface area contributed by atoms with Gasteiger partial charge in [0.1, 0.15) is 10.7 Å². The first-order valence-corrected chi connectivity index (χ1v) is 8.03. The number of sulfonamides is 1. The highest BCUT2D eigenvalue weighted by atomic mass is 79.9. The maximum absolute atomic E-state index is 13.4. The molecule has 0 aliphatic rings. The van der Waals surface area contributed by atoms with Gasteiger partial charge in [-0.25, -0.2) is 17.5 Å². The number of rotatable bonds is 5. The molecule has 0 aromatic heterocycles. The van der Waals surface area contributed by atoms with E-state index in [4.69, 9.17) is 0 Å². The van der Waals surface area contributed by atoms with Gasteiger partial charge >= 0.3 is 5.51 Å². The lowest BCUT2D eigenvalue weighted by Crippen LogP contribution is -2.27. The van der Waals surface area contributed by atoms with Gasteiger partial charge < -0.3 is 0 Å². The largest absolute Gasteiger partial charge is 0.441 e. The van der Waals surface area contributed by atoms with Gasteiger partial charge in [-0.05, 0) is 30.0 Å². The van der Waals surface area contributed by atoms with Gasteiger partial charge in [-0.1, -0.05) is 15.9 Å². The van der Waals surface area contributed by atoms with Crippen molar-refractivity contribution in [2.75, 3.05) is 12.3 Å². The van der Waals surface area contributed by atoms with Crippen LogP contribution in [0.15, 0.2) is 27.6 Å². The average Bonchev–Trinajstić information content (AvgIpc) is 2.22. The summed E-state index contributed by atoms with van der Waals surface area (Å²) in [6, 6.07) is 3.31. The van der Waals surface area contributed by atoms with Crippen molar-refractivity contribution in [3.8, 4) is 0 Å². The molecule has 0 saturated carbocycles. The van der Waals surface area contributed by atoms with Crippen LogP contribution in [0, 0.1) is 5.82 Å². The summed E-state index contributed by atoms with van der Waals surface area (Å²) in [5.74, 6) is -1.47. The molecule has 1 aromatic carbocycles. The predicted molar refractivity (Wildman–Crippen MR) is 67.8 cm³/mol. The van der Waals surface area contributed by atoms with Crippen LogP contribution in [-0.2, 0) is 10.0 Å². The Morgan fingerprint density at radius 2 is 1.95 bits per heavy atom. The van der Waals surface area contributed by atoms with Crippen LogP contribution in [0.3, 0.4) is 0 Å². The molecule has 0 atom stereocenters. The maximum atomic E-state index is 13.4. The van der Waals surface area contributed by atoms with Crippen LogP contribution in [0.4, 0.5) is 17.6 Å². The summed E-state index contributed by atoms with van der Waals surface area (Å²) in [4.78, 5) is -0.604. The van der Waals surface area contributed by atoms with Crippen molar-refractivity contribution in [3.05, 3.63) is 28.5 Å². The Morgan fingerprint density at radius 1 is 1.32 bits per heavy atom. The van der Waals surface area contributed by atoms with Gasteiger partial charge in [0.2, 0.25) is 10.0 Å². The van der Waals surface area contributed by atoms with Crippen molar-refractivity contribution in [1.29, 1.82) is 0 Å². The van der Waals surface area contributed by atoms with Gasteiger partial charge in [0.25, 0.3) is 0 Å². The van der Waals surface area contributed by atoms with Crippen LogP contribution in [0.2, 0.25) is 0 Å². The minimum Gasteiger partial charge on any atom is -0.210 e. The fraction of sp³-hybridized carbons (Fsp3) is 0.333. The third kappa shape index (κ3) is 5.67. The molecule has 0 spiro atoms. The number of hydrogen-bond donors (Lipinski definition) is 1. The SMILES string of the molecule is O=S(=O)(NCCSC(F)(F)F)c1ccc(Br)cc1F. The highest BCUT2D eigenvalue weighted by molar-refractivity contribution is 9.10. The molecule has 0 fully saturated rings. The van der Waals surface area contributed by atoms with Crippen LogP contribution in [0.5, 0.6) is 0 Å². The lowest BCUT2D eigenvalue weighted by atomic mass is 10.3. The molecule has 108 valence electrons. The molecule has 3 nitrogen and oxygen atoms in total. The van der Waals surface area contributed by atoms with E-state index in [9.17, 15) is 26.0 Å². The van der Waals surface area contributed by atoms with Gasteiger partial charge in [0.05, 0.1) is 0 Å². The minimum atomic E-state index is -4.42. The molecular formula is C9H8BrF4NO2S2. The van der Waals surface area contributed by atoms with Crippen LogP contribution in [-0.4, -0.2) is 26.2 Å². The first-order chi connectivity index (χ1) is 8.62. The number of benzene rings is 1. The van der Waals surface area contributed by atoms with E-state index in [1.807, 2.05) is 4.72 Å². The molecule has 0 unspecified atom stereocenters. The zero-order chi connectivity index (χ0) is 14.7. The zero-order valence-corrected chi connectivity index (χ0v) is 12.4. The van der Waals surface area contributed by atoms with Gasteiger partial charge in [0, 0.05) is 16.8 Å². The molecule has 1 N–H and O–H groups in total. The molecule has 0 radical (unpaired) electrons. The molecular weight excluding hydrogens is 374 g/mol. The molecule has 1 aromatic rings. The van der Waals surface area contributed by atoms with Crippen LogP contribution in [0.25, 0.3) is 0 Å². The van der Waals surface area contributed by atoms with E-state index in [1.54, 1.807) is 0 Å². The molecule has 0 saturated heterocycles. The quantitative estimate of drug-likeness (QED) is 0.629. The van der Waals surface area contributed by atoms with Crippen molar-refractivity contribution in [1.82, 2.24) is 4.72 Å². The second-order valence-electron chi connectivity index (χ2n) is 3.27. The molecule has 19 heavy (non-hydrogen) atoms.